The van der Waals surface area contributed by atoms with Crippen molar-refractivity contribution in [3.63, 3.8) is 0 Å². The number of hydrogen-bond acceptors (Lipinski definition) is 9. The number of pyridine rings is 2. The van der Waals surface area contributed by atoms with Crippen molar-refractivity contribution in [2.45, 2.75) is 35.0 Å². The van der Waals surface area contributed by atoms with E-state index in [0.717, 1.165) is 34.9 Å². The molecule has 1 N–H and O–H groups in total. The summed E-state index contributed by atoms with van der Waals surface area (Å²) in [7, 11) is 0. The number of halogens is 3. The van der Waals surface area contributed by atoms with E-state index in [1.165, 1.54) is 35.4 Å². The Morgan fingerprint density at radius 1 is 1.11 bits per heavy atom. The zero-order valence-corrected chi connectivity index (χ0v) is 19.7. The summed E-state index contributed by atoms with van der Waals surface area (Å²) < 4.78 is 54.8. The summed E-state index contributed by atoms with van der Waals surface area (Å²) in [6, 6.07) is 11.8. The third kappa shape index (κ3) is 5.89. The number of benzene rings is 1. The summed E-state index contributed by atoms with van der Waals surface area (Å²) >= 11 is 2.55. The van der Waals surface area contributed by atoms with E-state index >= 15 is 0 Å². The molecule has 35 heavy (non-hydrogen) atoms. The Hall–Kier alpha value is -3.22. The van der Waals surface area contributed by atoms with Crippen LogP contribution < -0.4 is 10.1 Å². The first-order chi connectivity index (χ1) is 16.9. The first-order valence-corrected chi connectivity index (χ1v) is 12.2. The van der Waals surface area contributed by atoms with Gasteiger partial charge in [0.05, 0.1) is 5.56 Å². The van der Waals surface area contributed by atoms with Crippen LogP contribution in [0.15, 0.2) is 70.8 Å². The van der Waals surface area contributed by atoms with E-state index in [2.05, 4.69) is 24.6 Å². The van der Waals surface area contributed by atoms with Gasteiger partial charge >= 0.3 is 6.18 Å². The van der Waals surface area contributed by atoms with Gasteiger partial charge in [-0.1, -0.05) is 17.8 Å². The highest BCUT2D eigenvalue weighted by Gasteiger charge is 2.30. The molecule has 0 radical (unpaired) electrons. The number of nitrogens with zero attached hydrogens (tertiary/aromatic N) is 4. The number of nitrogens with one attached hydrogen (secondary N) is 1. The Labute approximate surface area is 206 Å². The second-order valence-electron chi connectivity index (χ2n) is 7.50. The number of rotatable bonds is 7. The minimum absolute atomic E-state index is 0.116. The molecule has 1 aliphatic rings. The molecule has 1 aliphatic heterocycles. The highest BCUT2D eigenvalue weighted by Crippen LogP contribution is 2.37. The summed E-state index contributed by atoms with van der Waals surface area (Å²) in [4.78, 5) is 14.0. The molecule has 7 nitrogen and oxygen atoms in total. The third-order valence-corrected chi connectivity index (χ3v) is 6.54. The standard InChI is InChI=1S/C23H18F3N5O2S2/c24-23(25,26)14-6-8-15(9-7-14)33-18-12-16(34-19-5-1-2-10-27-19)13-28-20(18)29-22-30-21(31-35-22)17-4-3-11-32-17/h1-2,5-10,12-13,17H,3-4,11H2,(H,28,29,30,31). The first kappa shape index (κ1) is 23.5. The molecule has 0 amide bonds. The maximum atomic E-state index is 12.9. The molecule has 1 saturated heterocycles. The third-order valence-electron chi connectivity index (χ3n) is 4.98. The lowest BCUT2D eigenvalue weighted by atomic mass is 10.2. The van der Waals surface area contributed by atoms with E-state index in [9.17, 15) is 13.2 Å². The molecule has 4 aromatic rings. The Morgan fingerprint density at radius 3 is 2.69 bits per heavy atom. The van der Waals surface area contributed by atoms with Crippen LogP contribution in [0.1, 0.15) is 30.3 Å². The first-order valence-electron chi connectivity index (χ1n) is 10.6. The number of anilines is 2. The smallest absolute Gasteiger partial charge is 0.416 e. The van der Waals surface area contributed by atoms with Gasteiger partial charge in [-0.05, 0) is 49.2 Å². The van der Waals surface area contributed by atoms with Crippen molar-refractivity contribution < 1.29 is 22.6 Å². The fourth-order valence-corrected chi connectivity index (χ4v) is 4.71. The van der Waals surface area contributed by atoms with E-state index in [0.29, 0.717) is 29.1 Å². The summed E-state index contributed by atoms with van der Waals surface area (Å²) in [6.07, 6.45) is 0.639. The van der Waals surface area contributed by atoms with Crippen LogP contribution in [0.25, 0.3) is 0 Å². The van der Waals surface area contributed by atoms with Crippen LogP contribution in [0.2, 0.25) is 0 Å². The molecule has 1 aromatic carbocycles. The molecule has 1 fully saturated rings. The topological polar surface area (TPSA) is 82.1 Å². The van der Waals surface area contributed by atoms with Crippen molar-refractivity contribution >= 4 is 34.2 Å². The SMILES string of the molecule is FC(F)(F)c1ccc(Oc2cc(Sc3ccccn3)cnc2Nc2nc(C3CCCO3)ns2)cc1. The predicted molar refractivity (Wildman–Crippen MR) is 125 cm³/mol. The maximum absolute atomic E-state index is 12.9. The lowest BCUT2D eigenvalue weighted by Crippen LogP contribution is -2.04. The molecule has 180 valence electrons. The molecule has 3 aromatic heterocycles. The molecule has 0 aliphatic carbocycles. The van der Waals surface area contributed by atoms with E-state index < -0.39 is 11.7 Å². The average molecular weight is 518 g/mol. The van der Waals surface area contributed by atoms with Crippen LogP contribution in [-0.2, 0) is 10.9 Å². The van der Waals surface area contributed by atoms with Crippen molar-refractivity contribution in [1.82, 2.24) is 19.3 Å². The molecule has 5 rings (SSSR count). The van der Waals surface area contributed by atoms with Gasteiger partial charge in [-0.25, -0.2) is 15.0 Å². The molecular weight excluding hydrogens is 499 g/mol. The van der Waals surface area contributed by atoms with Gasteiger partial charge in [-0.15, -0.1) is 0 Å². The van der Waals surface area contributed by atoms with Gasteiger partial charge in [-0.3, -0.25) is 0 Å². The maximum Gasteiger partial charge on any atom is 0.416 e. The van der Waals surface area contributed by atoms with Crippen LogP contribution in [0.4, 0.5) is 24.1 Å². The van der Waals surface area contributed by atoms with Gasteiger partial charge in [0, 0.05) is 41.5 Å². The molecule has 1 unspecified atom stereocenters. The van der Waals surface area contributed by atoms with Gasteiger partial charge in [-0.2, -0.15) is 17.5 Å². The van der Waals surface area contributed by atoms with Gasteiger partial charge in [0.15, 0.2) is 17.4 Å². The van der Waals surface area contributed by atoms with Crippen molar-refractivity contribution in [2.24, 2.45) is 0 Å². The lowest BCUT2D eigenvalue weighted by Gasteiger charge is -2.13. The zero-order valence-electron chi connectivity index (χ0n) is 18.0. The Bertz CT molecular complexity index is 1280. The highest BCUT2D eigenvalue weighted by molar-refractivity contribution is 7.99. The van der Waals surface area contributed by atoms with Crippen LogP contribution >= 0.6 is 23.3 Å². The van der Waals surface area contributed by atoms with Gasteiger partial charge in [0.1, 0.15) is 16.9 Å². The van der Waals surface area contributed by atoms with Crippen LogP contribution in [-0.4, -0.2) is 25.9 Å². The normalized spacial score (nSPS) is 15.8. The summed E-state index contributed by atoms with van der Waals surface area (Å²) in [5.41, 5.74) is -0.753. The van der Waals surface area contributed by atoms with E-state index in [1.807, 2.05) is 18.2 Å². The molecular formula is C23H18F3N5O2S2. The van der Waals surface area contributed by atoms with E-state index in [4.69, 9.17) is 9.47 Å². The van der Waals surface area contributed by atoms with Crippen molar-refractivity contribution in [1.29, 1.82) is 0 Å². The monoisotopic (exact) mass is 517 g/mol. The van der Waals surface area contributed by atoms with Crippen molar-refractivity contribution in [2.75, 3.05) is 11.9 Å². The fraction of sp³-hybridized carbons (Fsp3) is 0.217. The second kappa shape index (κ2) is 10.2. The van der Waals surface area contributed by atoms with E-state index in [1.54, 1.807) is 18.5 Å². The minimum atomic E-state index is -4.43. The van der Waals surface area contributed by atoms with Crippen LogP contribution in [0, 0.1) is 0 Å². The van der Waals surface area contributed by atoms with Gasteiger partial charge in [0.25, 0.3) is 0 Å². The fourth-order valence-electron chi connectivity index (χ4n) is 3.32. The Kier molecular flexibility index (Phi) is 6.84. The van der Waals surface area contributed by atoms with Gasteiger partial charge < -0.3 is 14.8 Å². The van der Waals surface area contributed by atoms with Crippen molar-refractivity contribution in [3.8, 4) is 11.5 Å². The molecule has 12 heteroatoms. The number of alkyl halides is 3. The van der Waals surface area contributed by atoms with E-state index in [-0.39, 0.29) is 11.9 Å². The predicted octanol–water partition coefficient (Wildman–Crippen LogP) is 6.89. The summed E-state index contributed by atoms with van der Waals surface area (Å²) in [5.74, 6) is 1.52. The average Bonchev–Trinajstić information content (AvgIpc) is 3.54. The highest BCUT2D eigenvalue weighted by atomic mass is 32.2. The van der Waals surface area contributed by atoms with Crippen molar-refractivity contribution in [3.05, 3.63) is 72.3 Å². The number of hydrogen-bond donors (Lipinski definition) is 1. The quantitative estimate of drug-likeness (QED) is 0.284. The largest absolute Gasteiger partial charge is 0.453 e. The number of ether oxygens (including phenoxy) is 2. The zero-order chi connectivity index (χ0) is 24.3. The molecule has 1 atom stereocenters. The molecule has 0 saturated carbocycles. The van der Waals surface area contributed by atoms with Crippen LogP contribution in [0.3, 0.4) is 0 Å². The molecule has 0 spiro atoms. The lowest BCUT2D eigenvalue weighted by molar-refractivity contribution is -0.137. The second-order valence-corrected chi connectivity index (χ2v) is 9.34. The van der Waals surface area contributed by atoms with Gasteiger partial charge in [0.2, 0.25) is 5.13 Å². The van der Waals surface area contributed by atoms with Crippen LogP contribution in [0.5, 0.6) is 11.5 Å². The summed E-state index contributed by atoms with van der Waals surface area (Å²) in [6.45, 7) is 0.689. The Morgan fingerprint density at radius 2 is 1.97 bits per heavy atom. The molecule has 4 heterocycles. The number of aromatic nitrogens is 4. The summed E-state index contributed by atoms with van der Waals surface area (Å²) in [5, 5.41) is 4.38. The molecule has 0 bridgehead atoms. The Balaban J connectivity index is 1.41. The minimum Gasteiger partial charge on any atom is -0.453 e.